The summed E-state index contributed by atoms with van der Waals surface area (Å²) >= 11 is 0. The molecule has 6 heteroatoms. The fourth-order valence-corrected chi connectivity index (χ4v) is 7.02. The fraction of sp³-hybridized carbons (Fsp3) is 0.538. The zero-order valence-corrected chi connectivity index (χ0v) is 19.4. The largest absolute Gasteiger partial charge is 0.466 e. The molecule has 4 aliphatic rings. The third kappa shape index (κ3) is 2.81. The highest BCUT2D eigenvalue weighted by Gasteiger charge is 2.68. The van der Waals surface area contributed by atoms with Crippen LogP contribution in [-0.4, -0.2) is 49.2 Å². The summed E-state index contributed by atoms with van der Waals surface area (Å²) < 4.78 is 11.3. The van der Waals surface area contributed by atoms with Crippen molar-refractivity contribution in [1.82, 2.24) is 4.90 Å². The lowest BCUT2D eigenvalue weighted by Gasteiger charge is -2.57. The van der Waals surface area contributed by atoms with Crippen LogP contribution in [0.25, 0.3) is 0 Å². The van der Waals surface area contributed by atoms with Crippen LogP contribution in [-0.2, 0) is 24.5 Å². The van der Waals surface area contributed by atoms with E-state index < -0.39 is 0 Å². The minimum atomic E-state index is -0.355. The number of benzene rings is 1. The second kappa shape index (κ2) is 7.48. The van der Waals surface area contributed by atoms with Crippen LogP contribution in [0.2, 0.25) is 0 Å². The molecule has 1 aromatic rings. The molecular weight excluding hydrogens is 404 g/mol. The summed E-state index contributed by atoms with van der Waals surface area (Å²) in [5, 5.41) is 3.61. The molecule has 0 radical (unpaired) electrons. The summed E-state index contributed by atoms with van der Waals surface area (Å²) in [5.74, 6) is -0.597. The Labute approximate surface area is 189 Å². The van der Waals surface area contributed by atoms with Crippen molar-refractivity contribution < 1.29 is 19.1 Å². The van der Waals surface area contributed by atoms with Crippen LogP contribution >= 0.6 is 0 Å². The Balaban J connectivity index is 1.69. The molecule has 170 valence electrons. The Bertz CT molecular complexity index is 1040. The molecule has 32 heavy (non-hydrogen) atoms. The number of hydrogen-bond donors (Lipinski definition) is 1. The van der Waals surface area contributed by atoms with Crippen molar-refractivity contribution in [1.29, 1.82) is 0 Å². The van der Waals surface area contributed by atoms with Crippen molar-refractivity contribution in [3.05, 3.63) is 52.7 Å². The van der Waals surface area contributed by atoms with Gasteiger partial charge in [0.05, 0.1) is 18.1 Å². The summed E-state index contributed by atoms with van der Waals surface area (Å²) in [7, 11) is 1.45. The Morgan fingerprint density at radius 3 is 2.75 bits per heavy atom. The molecule has 1 aromatic carbocycles. The van der Waals surface area contributed by atoms with Crippen molar-refractivity contribution >= 4 is 17.6 Å². The number of ether oxygens (including phenoxy) is 2. The lowest BCUT2D eigenvalue weighted by molar-refractivity contribution is -0.158. The highest BCUT2D eigenvalue weighted by Crippen LogP contribution is 2.65. The third-order valence-electron chi connectivity index (χ3n) is 8.12. The number of hydrogen-bond acceptors (Lipinski definition) is 6. The van der Waals surface area contributed by atoms with Gasteiger partial charge in [-0.2, -0.15) is 0 Å². The molecule has 1 aliphatic carbocycles. The molecule has 1 N–H and O–H groups in total. The molecule has 0 saturated carbocycles. The van der Waals surface area contributed by atoms with E-state index in [9.17, 15) is 9.59 Å². The molecule has 1 unspecified atom stereocenters. The Morgan fingerprint density at radius 2 is 2.00 bits per heavy atom. The van der Waals surface area contributed by atoms with Gasteiger partial charge in [0, 0.05) is 28.9 Å². The highest BCUT2D eigenvalue weighted by atomic mass is 16.5. The van der Waals surface area contributed by atoms with Gasteiger partial charge >= 0.3 is 11.9 Å². The monoisotopic (exact) mass is 436 g/mol. The smallest absolute Gasteiger partial charge is 0.335 e. The first-order valence-corrected chi connectivity index (χ1v) is 11.6. The van der Waals surface area contributed by atoms with Gasteiger partial charge in [0.1, 0.15) is 6.10 Å². The van der Waals surface area contributed by atoms with Crippen LogP contribution in [0.4, 0.5) is 5.69 Å². The molecule has 3 aliphatic heterocycles. The quantitative estimate of drug-likeness (QED) is 0.570. The van der Waals surface area contributed by atoms with Gasteiger partial charge in [-0.3, -0.25) is 4.90 Å². The topological polar surface area (TPSA) is 67.9 Å². The van der Waals surface area contributed by atoms with E-state index in [4.69, 9.17) is 9.47 Å². The maximum atomic E-state index is 13.1. The number of anilines is 1. The summed E-state index contributed by atoms with van der Waals surface area (Å²) in [6, 6.07) is 8.56. The molecule has 0 amide bonds. The molecule has 1 spiro atoms. The first-order valence-electron chi connectivity index (χ1n) is 11.6. The standard InChI is InChI=1S/C26H32N2O4/c1-16(2)14-21(29)32-17(3)25-10-7-12-28-13-11-26(24(25)28)19-8-5-6-9-20(19)27-22(26)18(15-25)23(30)31-4/h5-6,8-9,14,17,24,27H,7,10-13,15H2,1-4H3/t17-,24+,25?,26+/m1/s1. The van der Waals surface area contributed by atoms with E-state index in [-0.39, 0.29) is 34.9 Å². The second-order valence-corrected chi connectivity index (χ2v) is 9.99. The van der Waals surface area contributed by atoms with Crippen LogP contribution in [0, 0.1) is 5.41 Å². The van der Waals surface area contributed by atoms with Crippen molar-refractivity contribution in [3.8, 4) is 0 Å². The Hall–Kier alpha value is -2.60. The normalized spacial score (nSPS) is 31.1. The number of allylic oxidation sites excluding steroid dienone is 1. The van der Waals surface area contributed by atoms with Gasteiger partial charge in [-0.1, -0.05) is 23.8 Å². The van der Waals surface area contributed by atoms with Crippen molar-refractivity contribution in [2.24, 2.45) is 5.41 Å². The first kappa shape index (κ1) is 21.3. The van der Waals surface area contributed by atoms with Crippen LogP contribution in [0.15, 0.2) is 47.2 Å². The summed E-state index contributed by atoms with van der Waals surface area (Å²) in [4.78, 5) is 28.3. The van der Waals surface area contributed by atoms with Gasteiger partial charge in [-0.05, 0) is 71.2 Å². The fourth-order valence-electron chi connectivity index (χ4n) is 7.02. The van der Waals surface area contributed by atoms with E-state index >= 15 is 0 Å². The predicted molar refractivity (Wildman–Crippen MR) is 122 cm³/mol. The van der Waals surface area contributed by atoms with E-state index in [1.807, 2.05) is 26.8 Å². The van der Waals surface area contributed by atoms with E-state index in [0.717, 1.165) is 49.3 Å². The van der Waals surface area contributed by atoms with Gasteiger partial charge in [-0.25, -0.2) is 9.59 Å². The molecule has 6 nitrogen and oxygen atoms in total. The number of methoxy groups -OCH3 is 1. The van der Waals surface area contributed by atoms with Crippen LogP contribution < -0.4 is 5.32 Å². The number of carbonyl (C=O) groups excluding carboxylic acids is 2. The number of fused-ring (bicyclic) bond motifs is 1. The number of carbonyl (C=O) groups is 2. The van der Waals surface area contributed by atoms with E-state index in [0.29, 0.717) is 12.0 Å². The molecule has 0 bridgehead atoms. The zero-order valence-electron chi connectivity index (χ0n) is 19.4. The number of nitrogens with one attached hydrogen (secondary N) is 1. The number of para-hydroxylation sites is 1. The average Bonchev–Trinajstić information content (AvgIpc) is 3.32. The van der Waals surface area contributed by atoms with Crippen molar-refractivity contribution in [2.45, 2.75) is 64.0 Å². The van der Waals surface area contributed by atoms with Crippen LogP contribution in [0.1, 0.15) is 52.0 Å². The SMILES string of the molecule is COC(=O)C1=C2Nc3ccccc3[C@@]23CCN2CCCC([C@@H](C)OC(=O)C=C(C)C)(C1)[C@H]23. The van der Waals surface area contributed by atoms with Crippen molar-refractivity contribution in [3.63, 3.8) is 0 Å². The lowest BCUT2D eigenvalue weighted by Crippen LogP contribution is -2.64. The number of esters is 2. The van der Waals surface area contributed by atoms with Gasteiger partial charge in [0.25, 0.3) is 0 Å². The molecule has 5 rings (SSSR count). The summed E-state index contributed by atoms with van der Waals surface area (Å²) in [6.45, 7) is 7.80. The maximum absolute atomic E-state index is 13.1. The number of nitrogens with zero attached hydrogens (tertiary/aromatic N) is 1. The Kier molecular flexibility index (Phi) is 4.97. The van der Waals surface area contributed by atoms with E-state index in [2.05, 4.69) is 28.4 Å². The Morgan fingerprint density at radius 1 is 1.22 bits per heavy atom. The number of piperidine rings is 1. The van der Waals surface area contributed by atoms with E-state index in [1.165, 1.54) is 12.7 Å². The lowest BCUT2D eigenvalue weighted by atomic mass is 9.53. The van der Waals surface area contributed by atoms with Crippen LogP contribution in [0.3, 0.4) is 0 Å². The number of rotatable bonds is 4. The molecule has 4 atom stereocenters. The second-order valence-electron chi connectivity index (χ2n) is 9.99. The summed E-state index contributed by atoms with van der Waals surface area (Å²) in [6.07, 6.45) is 4.64. The molecule has 2 saturated heterocycles. The average molecular weight is 437 g/mol. The minimum absolute atomic E-state index is 0.165. The van der Waals surface area contributed by atoms with Crippen molar-refractivity contribution in [2.75, 3.05) is 25.5 Å². The van der Waals surface area contributed by atoms with Gasteiger partial charge in [0.2, 0.25) is 0 Å². The predicted octanol–water partition coefficient (Wildman–Crippen LogP) is 3.93. The van der Waals surface area contributed by atoms with E-state index in [1.54, 1.807) is 6.08 Å². The molecule has 2 fully saturated rings. The van der Waals surface area contributed by atoms with Gasteiger partial charge in [0.15, 0.2) is 0 Å². The van der Waals surface area contributed by atoms with Gasteiger partial charge < -0.3 is 14.8 Å². The molecule has 0 aromatic heterocycles. The van der Waals surface area contributed by atoms with Gasteiger partial charge in [-0.15, -0.1) is 0 Å². The first-order chi connectivity index (χ1) is 15.3. The zero-order chi connectivity index (χ0) is 22.7. The highest BCUT2D eigenvalue weighted by molar-refractivity contribution is 5.93. The summed E-state index contributed by atoms with van der Waals surface area (Å²) in [5.41, 5.74) is 4.27. The minimum Gasteiger partial charge on any atom is -0.466 e. The maximum Gasteiger partial charge on any atom is 0.335 e. The van der Waals surface area contributed by atoms with Crippen LogP contribution in [0.5, 0.6) is 0 Å². The molecular formula is C26H32N2O4. The third-order valence-corrected chi connectivity index (χ3v) is 8.12. The molecule has 3 heterocycles.